The number of carbonyl (C=O) groups excluding carboxylic acids is 1. The van der Waals surface area contributed by atoms with Crippen molar-refractivity contribution in [2.45, 2.75) is 6.61 Å². The van der Waals surface area contributed by atoms with Crippen molar-refractivity contribution in [2.24, 2.45) is 0 Å². The van der Waals surface area contributed by atoms with E-state index in [9.17, 15) is 13.6 Å². The zero-order valence-electron chi connectivity index (χ0n) is 9.34. The van der Waals surface area contributed by atoms with Gasteiger partial charge in [-0.2, -0.15) is 8.78 Å². The Balaban J connectivity index is 2.04. The molecule has 9 heteroatoms. The molecule has 0 fully saturated rings. The van der Waals surface area contributed by atoms with Crippen molar-refractivity contribution >= 4 is 17.4 Å². The summed E-state index contributed by atoms with van der Waals surface area (Å²) in [6, 6.07) is 5.34. The summed E-state index contributed by atoms with van der Waals surface area (Å²) in [5, 5.41) is 9.02. The number of hydrogen-bond donors (Lipinski definition) is 2. The molecule has 2 rings (SSSR count). The maximum absolute atomic E-state index is 11.9. The molecule has 1 heterocycles. The van der Waals surface area contributed by atoms with E-state index in [1.807, 2.05) is 0 Å². The highest BCUT2D eigenvalue weighted by Gasteiger charge is 2.16. The van der Waals surface area contributed by atoms with Crippen LogP contribution in [-0.4, -0.2) is 22.8 Å². The molecule has 0 spiro atoms. The number of alkyl halides is 2. The number of rotatable bonds is 4. The molecule has 2 aromatic rings. The van der Waals surface area contributed by atoms with Gasteiger partial charge in [0.2, 0.25) is 11.5 Å². The van der Waals surface area contributed by atoms with E-state index >= 15 is 0 Å². The summed E-state index contributed by atoms with van der Waals surface area (Å²) in [6.45, 7) is -2.90. The molecule has 0 aliphatic carbocycles. The van der Waals surface area contributed by atoms with E-state index in [1.165, 1.54) is 24.3 Å². The molecule has 1 amide bonds. The molecule has 0 aliphatic rings. The van der Waals surface area contributed by atoms with Gasteiger partial charge < -0.3 is 15.8 Å². The average molecular weight is 270 g/mol. The first-order valence-electron chi connectivity index (χ1n) is 5.00. The number of halogens is 2. The third kappa shape index (κ3) is 3.15. The fourth-order valence-electron chi connectivity index (χ4n) is 1.26. The number of aromatic nitrogens is 2. The van der Waals surface area contributed by atoms with Gasteiger partial charge in [0.15, 0.2) is 0 Å². The Labute approximate surface area is 105 Å². The van der Waals surface area contributed by atoms with Crippen molar-refractivity contribution < 1.29 is 22.9 Å². The van der Waals surface area contributed by atoms with Crippen LogP contribution < -0.4 is 15.8 Å². The second kappa shape index (κ2) is 5.29. The quantitative estimate of drug-likeness (QED) is 0.872. The molecule has 100 valence electrons. The van der Waals surface area contributed by atoms with E-state index in [0.29, 0.717) is 5.69 Å². The Hall–Kier alpha value is -2.71. The van der Waals surface area contributed by atoms with Gasteiger partial charge in [0.25, 0.3) is 5.91 Å². The fourth-order valence-corrected chi connectivity index (χ4v) is 1.26. The van der Waals surface area contributed by atoms with Crippen LogP contribution in [0.5, 0.6) is 5.75 Å². The number of anilines is 2. The second-order valence-corrected chi connectivity index (χ2v) is 3.36. The highest BCUT2D eigenvalue weighted by atomic mass is 19.3. The fraction of sp³-hybridized carbons (Fsp3) is 0.100. The molecule has 0 unspecified atom stereocenters. The molecule has 1 aromatic heterocycles. The topological polar surface area (TPSA) is 103 Å². The van der Waals surface area contributed by atoms with Crippen molar-refractivity contribution in [3.63, 3.8) is 0 Å². The molecule has 0 bridgehead atoms. The standard InChI is InChI=1S/C10H8F2N4O3/c11-10(12)18-6-3-1-5(2-4-6)14-9(17)7-8(13)16-19-15-7/h1-4,10H,(H2,13,16)(H,14,17). The molecular formula is C10H8F2N4O3. The van der Waals surface area contributed by atoms with Crippen molar-refractivity contribution in [1.29, 1.82) is 0 Å². The van der Waals surface area contributed by atoms with Gasteiger partial charge in [0.1, 0.15) is 5.75 Å². The van der Waals surface area contributed by atoms with Gasteiger partial charge in [0.05, 0.1) is 0 Å². The number of nitrogen functional groups attached to an aromatic ring is 1. The van der Waals surface area contributed by atoms with Crippen LogP contribution in [0.2, 0.25) is 0 Å². The number of nitrogens with one attached hydrogen (secondary N) is 1. The predicted molar refractivity (Wildman–Crippen MR) is 59.7 cm³/mol. The van der Waals surface area contributed by atoms with Crippen molar-refractivity contribution in [3.8, 4) is 5.75 Å². The largest absolute Gasteiger partial charge is 0.435 e. The van der Waals surface area contributed by atoms with Crippen molar-refractivity contribution in [3.05, 3.63) is 30.0 Å². The van der Waals surface area contributed by atoms with Gasteiger partial charge in [-0.1, -0.05) is 0 Å². The number of ether oxygens (including phenoxy) is 1. The van der Waals surface area contributed by atoms with E-state index in [4.69, 9.17) is 5.73 Å². The summed E-state index contributed by atoms with van der Waals surface area (Å²) < 4.78 is 32.3. The van der Waals surface area contributed by atoms with Crippen LogP contribution in [0.4, 0.5) is 20.3 Å². The lowest BCUT2D eigenvalue weighted by Crippen LogP contribution is -2.14. The Kier molecular flexibility index (Phi) is 3.55. The number of nitrogens with zero attached hydrogens (tertiary/aromatic N) is 2. The lowest BCUT2D eigenvalue weighted by atomic mass is 10.3. The molecule has 0 saturated heterocycles. The smallest absolute Gasteiger partial charge is 0.387 e. The minimum absolute atomic E-state index is 0.0179. The highest BCUT2D eigenvalue weighted by Crippen LogP contribution is 2.18. The normalized spacial score (nSPS) is 10.5. The highest BCUT2D eigenvalue weighted by molar-refractivity contribution is 6.05. The summed E-state index contributed by atoms with van der Waals surface area (Å²) in [4.78, 5) is 11.7. The number of nitrogens with two attached hydrogens (primary N) is 1. The Morgan fingerprint density at radius 1 is 1.32 bits per heavy atom. The van der Waals surface area contributed by atoms with Gasteiger partial charge >= 0.3 is 6.61 Å². The molecule has 3 N–H and O–H groups in total. The van der Waals surface area contributed by atoms with Gasteiger partial charge in [-0.15, -0.1) is 0 Å². The van der Waals surface area contributed by atoms with E-state index in [2.05, 4.69) is 25.0 Å². The van der Waals surface area contributed by atoms with Crippen LogP contribution in [0.3, 0.4) is 0 Å². The van der Waals surface area contributed by atoms with Gasteiger partial charge in [-0.25, -0.2) is 4.63 Å². The minimum Gasteiger partial charge on any atom is -0.435 e. The summed E-state index contributed by atoms with van der Waals surface area (Å²) in [5.74, 6) is -0.785. The monoisotopic (exact) mass is 270 g/mol. The summed E-state index contributed by atoms with van der Waals surface area (Å²) >= 11 is 0. The molecule has 0 saturated carbocycles. The maximum atomic E-state index is 11.9. The lowest BCUT2D eigenvalue weighted by Gasteiger charge is -2.06. The first-order valence-corrected chi connectivity index (χ1v) is 5.00. The number of hydrogen-bond acceptors (Lipinski definition) is 6. The molecule has 1 aromatic carbocycles. The first kappa shape index (κ1) is 12.7. The number of amides is 1. The van der Waals surface area contributed by atoms with Crippen LogP contribution in [-0.2, 0) is 0 Å². The van der Waals surface area contributed by atoms with Crippen LogP contribution in [0, 0.1) is 0 Å². The van der Waals surface area contributed by atoms with Crippen LogP contribution in [0.15, 0.2) is 28.9 Å². The van der Waals surface area contributed by atoms with Crippen molar-refractivity contribution in [1.82, 2.24) is 10.3 Å². The summed E-state index contributed by atoms with van der Waals surface area (Å²) in [6.07, 6.45) is 0. The third-order valence-electron chi connectivity index (χ3n) is 2.07. The summed E-state index contributed by atoms with van der Waals surface area (Å²) in [5.41, 5.74) is 5.54. The lowest BCUT2D eigenvalue weighted by molar-refractivity contribution is -0.0498. The SMILES string of the molecule is Nc1nonc1C(=O)Nc1ccc(OC(F)F)cc1. The van der Waals surface area contributed by atoms with E-state index in [-0.39, 0.29) is 17.3 Å². The Morgan fingerprint density at radius 3 is 2.53 bits per heavy atom. The van der Waals surface area contributed by atoms with Crippen LogP contribution in [0.25, 0.3) is 0 Å². The molecule has 7 nitrogen and oxygen atoms in total. The van der Waals surface area contributed by atoms with E-state index < -0.39 is 12.5 Å². The number of benzene rings is 1. The Bertz CT molecular complexity index is 570. The van der Waals surface area contributed by atoms with E-state index in [1.54, 1.807) is 0 Å². The van der Waals surface area contributed by atoms with Gasteiger partial charge in [-0.05, 0) is 34.6 Å². The van der Waals surface area contributed by atoms with Crippen LogP contribution >= 0.6 is 0 Å². The molecule has 0 radical (unpaired) electrons. The number of carbonyl (C=O) groups is 1. The van der Waals surface area contributed by atoms with E-state index in [0.717, 1.165) is 0 Å². The molecule has 0 aliphatic heterocycles. The second-order valence-electron chi connectivity index (χ2n) is 3.36. The maximum Gasteiger partial charge on any atom is 0.387 e. The average Bonchev–Trinajstić information content (AvgIpc) is 2.77. The van der Waals surface area contributed by atoms with Gasteiger partial charge in [0, 0.05) is 5.69 Å². The van der Waals surface area contributed by atoms with Crippen molar-refractivity contribution in [2.75, 3.05) is 11.1 Å². The Morgan fingerprint density at radius 2 is 2.00 bits per heavy atom. The summed E-state index contributed by atoms with van der Waals surface area (Å²) in [7, 11) is 0. The third-order valence-corrected chi connectivity index (χ3v) is 2.07. The zero-order chi connectivity index (χ0) is 13.8. The molecule has 19 heavy (non-hydrogen) atoms. The first-order chi connectivity index (χ1) is 9.06. The van der Waals surface area contributed by atoms with Gasteiger partial charge in [-0.3, -0.25) is 4.79 Å². The minimum atomic E-state index is -2.90. The molecule has 0 atom stereocenters. The predicted octanol–water partition coefficient (Wildman–Crippen LogP) is 1.51. The molecular weight excluding hydrogens is 262 g/mol. The zero-order valence-corrected chi connectivity index (χ0v) is 9.34. The van der Waals surface area contributed by atoms with Crippen LogP contribution in [0.1, 0.15) is 10.5 Å².